The average Bonchev–Trinajstić information content (AvgIpc) is 2.77. The molecule has 0 bridgehead atoms. The third kappa shape index (κ3) is 2.75. The molecule has 2 N–H and O–H groups in total. The van der Waals surface area contributed by atoms with Crippen molar-refractivity contribution in [2.24, 2.45) is 5.73 Å². The fourth-order valence-electron chi connectivity index (χ4n) is 2.22. The first-order valence-corrected chi connectivity index (χ1v) is 6.48. The number of amides is 1. The summed E-state index contributed by atoms with van der Waals surface area (Å²) in [4.78, 5) is 25.5. The van der Waals surface area contributed by atoms with Crippen LogP contribution in [0.2, 0.25) is 0 Å². The molecular formula is C14H18N2O4. The summed E-state index contributed by atoms with van der Waals surface area (Å²) in [5.41, 5.74) is 6.62. The average molecular weight is 278 g/mol. The van der Waals surface area contributed by atoms with Gasteiger partial charge in [0.25, 0.3) is 0 Å². The zero-order valence-electron chi connectivity index (χ0n) is 11.6. The second-order valence-corrected chi connectivity index (χ2v) is 4.57. The van der Waals surface area contributed by atoms with Crippen LogP contribution in [-0.4, -0.2) is 38.2 Å². The van der Waals surface area contributed by atoms with E-state index >= 15 is 0 Å². The largest absolute Gasteiger partial charge is 0.497 e. The van der Waals surface area contributed by atoms with E-state index in [1.165, 1.54) is 12.0 Å². The van der Waals surface area contributed by atoms with Crippen LogP contribution in [0.1, 0.15) is 23.7 Å². The van der Waals surface area contributed by atoms with Gasteiger partial charge in [-0.3, -0.25) is 4.79 Å². The maximum Gasteiger partial charge on any atom is 0.340 e. The summed E-state index contributed by atoms with van der Waals surface area (Å²) in [6.45, 7) is 2.40. The van der Waals surface area contributed by atoms with E-state index in [1.54, 1.807) is 25.1 Å². The minimum absolute atomic E-state index is 0.0896. The summed E-state index contributed by atoms with van der Waals surface area (Å²) in [6, 6.07) is 4.75. The van der Waals surface area contributed by atoms with Gasteiger partial charge in [0.2, 0.25) is 5.91 Å². The summed E-state index contributed by atoms with van der Waals surface area (Å²) >= 11 is 0. The molecule has 2 rings (SSSR count). The topological polar surface area (TPSA) is 81.9 Å². The first-order valence-electron chi connectivity index (χ1n) is 6.48. The summed E-state index contributed by atoms with van der Waals surface area (Å²) in [6.07, 6.45) is 0.286. The Morgan fingerprint density at radius 3 is 2.80 bits per heavy atom. The predicted molar refractivity (Wildman–Crippen MR) is 73.9 cm³/mol. The van der Waals surface area contributed by atoms with Crippen LogP contribution >= 0.6 is 0 Å². The van der Waals surface area contributed by atoms with Crippen molar-refractivity contribution in [1.82, 2.24) is 0 Å². The van der Waals surface area contributed by atoms with Gasteiger partial charge < -0.3 is 20.1 Å². The molecule has 1 unspecified atom stereocenters. The lowest BCUT2D eigenvalue weighted by molar-refractivity contribution is -0.117. The SMILES string of the molecule is CCOC(=O)c1cc(OC)ccc1N1CC(N)CC1=O. The Kier molecular flexibility index (Phi) is 4.24. The second kappa shape index (κ2) is 5.92. The van der Waals surface area contributed by atoms with E-state index in [0.717, 1.165) is 0 Å². The zero-order valence-corrected chi connectivity index (χ0v) is 11.6. The van der Waals surface area contributed by atoms with Crippen LogP contribution < -0.4 is 15.4 Å². The highest BCUT2D eigenvalue weighted by Gasteiger charge is 2.31. The van der Waals surface area contributed by atoms with Crippen LogP contribution in [0.15, 0.2) is 18.2 Å². The van der Waals surface area contributed by atoms with Crippen molar-refractivity contribution >= 4 is 17.6 Å². The Bertz CT molecular complexity index is 530. The quantitative estimate of drug-likeness (QED) is 0.829. The lowest BCUT2D eigenvalue weighted by Gasteiger charge is -2.20. The van der Waals surface area contributed by atoms with Gasteiger partial charge in [-0.2, -0.15) is 0 Å². The van der Waals surface area contributed by atoms with Crippen molar-refractivity contribution < 1.29 is 19.1 Å². The molecule has 1 aliphatic rings. The number of anilines is 1. The monoisotopic (exact) mass is 278 g/mol. The minimum atomic E-state index is -0.477. The van der Waals surface area contributed by atoms with Gasteiger partial charge in [0.1, 0.15) is 5.75 Å². The van der Waals surface area contributed by atoms with Crippen LogP contribution in [0.5, 0.6) is 5.75 Å². The number of carbonyl (C=O) groups is 2. The number of methoxy groups -OCH3 is 1. The predicted octanol–water partition coefficient (Wildman–Crippen LogP) is 0.936. The molecule has 0 saturated carbocycles. The number of hydrogen-bond acceptors (Lipinski definition) is 5. The molecule has 0 radical (unpaired) electrons. The normalized spacial score (nSPS) is 18.2. The van der Waals surface area contributed by atoms with Crippen molar-refractivity contribution in [3.63, 3.8) is 0 Å². The zero-order chi connectivity index (χ0) is 14.7. The third-order valence-electron chi connectivity index (χ3n) is 3.14. The molecule has 1 aromatic rings. The smallest absolute Gasteiger partial charge is 0.340 e. The number of carbonyl (C=O) groups excluding carboxylic acids is 2. The first-order chi connectivity index (χ1) is 9.56. The van der Waals surface area contributed by atoms with Crippen molar-refractivity contribution in [2.75, 3.05) is 25.2 Å². The van der Waals surface area contributed by atoms with Gasteiger partial charge in [0.05, 0.1) is 25.0 Å². The standard InChI is InChI=1S/C14H18N2O4/c1-3-20-14(18)11-7-10(19-2)4-5-12(11)16-8-9(15)6-13(16)17/h4-5,7,9H,3,6,8,15H2,1-2H3. The van der Waals surface area contributed by atoms with Crippen molar-refractivity contribution in [3.8, 4) is 5.75 Å². The summed E-state index contributed by atoms with van der Waals surface area (Å²) in [7, 11) is 1.51. The fourth-order valence-corrected chi connectivity index (χ4v) is 2.22. The van der Waals surface area contributed by atoms with Crippen LogP contribution in [0.4, 0.5) is 5.69 Å². The van der Waals surface area contributed by atoms with Crippen molar-refractivity contribution in [3.05, 3.63) is 23.8 Å². The number of nitrogens with zero attached hydrogens (tertiary/aromatic N) is 1. The number of esters is 1. The van der Waals surface area contributed by atoms with Crippen molar-refractivity contribution in [1.29, 1.82) is 0 Å². The summed E-state index contributed by atoms with van der Waals surface area (Å²) in [5, 5.41) is 0. The van der Waals surface area contributed by atoms with Gasteiger partial charge in [-0.15, -0.1) is 0 Å². The van der Waals surface area contributed by atoms with E-state index in [9.17, 15) is 9.59 Å². The Morgan fingerprint density at radius 1 is 1.50 bits per heavy atom. The Hall–Kier alpha value is -2.08. The molecule has 1 aromatic carbocycles. The van der Waals surface area contributed by atoms with Crippen LogP contribution in [0.25, 0.3) is 0 Å². The molecular weight excluding hydrogens is 260 g/mol. The van der Waals surface area contributed by atoms with Gasteiger partial charge >= 0.3 is 5.97 Å². The molecule has 1 aliphatic heterocycles. The first kappa shape index (κ1) is 14.3. The Morgan fingerprint density at radius 2 is 2.25 bits per heavy atom. The van der Waals surface area contributed by atoms with Gasteiger partial charge in [-0.05, 0) is 25.1 Å². The molecule has 6 heteroatoms. The number of benzene rings is 1. The highest BCUT2D eigenvalue weighted by atomic mass is 16.5. The molecule has 1 fully saturated rings. The molecule has 108 valence electrons. The van der Waals surface area contributed by atoms with Gasteiger partial charge in [0.15, 0.2) is 0 Å². The molecule has 1 saturated heterocycles. The van der Waals surface area contributed by atoms with Gasteiger partial charge in [-0.1, -0.05) is 0 Å². The number of hydrogen-bond donors (Lipinski definition) is 1. The Balaban J connectivity index is 2.41. The molecule has 6 nitrogen and oxygen atoms in total. The third-order valence-corrected chi connectivity index (χ3v) is 3.14. The lowest BCUT2D eigenvalue weighted by atomic mass is 10.1. The Labute approximate surface area is 117 Å². The fraction of sp³-hybridized carbons (Fsp3) is 0.429. The second-order valence-electron chi connectivity index (χ2n) is 4.57. The maximum atomic E-state index is 12.0. The van der Waals surface area contributed by atoms with Crippen LogP contribution in [0, 0.1) is 0 Å². The van der Waals surface area contributed by atoms with Crippen LogP contribution in [-0.2, 0) is 9.53 Å². The number of rotatable bonds is 4. The van der Waals surface area contributed by atoms with Crippen LogP contribution in [0.3, 0.4) is 0 Å². The summed E-state index contributed by atoms with van der Waals surface area (Å²) in [5.74, 6) is -0.0318. The molecule has 20 heavy (non-hydrogen) atoms. The minimum Gasteiger partial charge on any atom is -0.497 e. The van der Waals surface area contributed by atoms with Gasteiger partial charge in [0, 0.05) is 19.0 Å². The van der Waals surface area contributed by atoms with Crippen molar-refractivity contribution in [2.45, 2.75) is 19.4 Å². The van der Waals surface area contributed by atoms with Gasteiger partial charge in [-0.25, -0.2) is 4.79 Å². The molecule has 1 heterocycles. The lowest BCUT2D eigenvalue weighted by Crippen LogP contribution is -2.29. The van der Waals surface area contributed by atoms with E-state index in [1.807, 2.05) is 0 Å². The van der Waals surface area contributed by atoms with E-state index in [-0.39, 0.29) is 25.0 Å². The molecule has 0 spiro atoms. The maximum absolute atomic E-state index is 12.0. The summed E-state index contributed by atoms with van der Waals surface area (Å²) < 4.78 is 10.1. The molecule has 0 aromatic heterocycles. The number of nitrogens with two attached hydrogens (primary N) is 1. The van der Waals surface area contributed by atoms with E-state index in [2.05, 4.69) is 0 Å². The number of ether oxygens (including phenoxy) is 2. The molecule has 1 amide bonds. The molecule has 0 aliphatic carbocycles. The van der Waals surface area contributed by atoms with E-state index in [0.29, 0.717) is 23.5 Å². The van der Waals surface area contributed by atoms with E-state index in [4.69, 9.17) is 15.2 Å². The highest BCUT2D eigenvalue weighted by Crippen LogP contribution is 2.29. The molecule has 1 atom stereocenters. The highest BCUT2D eigenvalue weighted by molar-refractivity contribution is 6.04. The van der Waals surface area contributed by atoms with E-state index < -0.39 is 5.97 Å².